The number of nitrogens with zero attached hydrogens (tertiary/aromatic N) is 2. The van der Waals surface area contributed by atoms with Crippen LogP contribution in [0.1, 0.15) is 28.8 Å². The maximum atomic E-state index is 13.2. The molecule has 1 saturated heterocycles. The Hall–Kier alpha value is -3.32. The van der Waals surface area contributed by atoms with E-state index in [9.17, 15) is 9.59 Å². The Balaban J connectivity index is 1.39. The number of likely N-dealkylation sites (tertiary alicyclic amines) is 1. The van der Waals surface area contributed by atoms with Gasteiger partial charge < -0.3 is 19.3 Å². The molecular weight excluding hydrogens is 460 g/mol. The topological polar surface area (TPSA) is 59.1 Å². The van der Waals surface area contributed by atoms with E-state index in [0.717, 1.165) is 24.8 Å². The molecule has 6 nitrogen and oxygen atoms in total. The Kier molecular flexibility index (Phi) is 8.42. The van der Waals surface area contributed by atoms with E-state index in [1.807, 2.05) is 70.1 Å². The molecule has 1 aliphatic heterocycles. The van der Waals surface area contributed by atoms with Crippen LogP contribution in [0.2, 0.25) is 0 Å². The van der Waals surface area contributed by atoms with Gasteiger partial charge >= 0.3 is 0 Å². The van der Waals surface area contributed by atoms with Gasteiger partial charge in [0.1, 0.15) is 0 Å². The van der Waals surface area contributed by atoms with Crippen LogP contribution in [0.5, 0.6) is 11.5 Å². The third-order valence-electron chi connectivity index (χ3n) is 6.73. The Morgan fingerprint density at radius 1 is 1.03 bits per heavy atom. The monoisotopic (exact) mass is 492 g/mol. The van der Waals surface area contributed by atoms with E-state index >= 15 is 0 Å². The van der Waals surface area contributed by atoms with Gasteiger partial charge in [-0.3, -0.25) is 9.59 Å². The number of para-hydroxylation sites is 2. The maximum Gasteiger partial charge on any atom is 0.260 e. The number of ether oxygens (including phenoxy) is 2. The van der Waals surface area contributed by atoms with Crippen molar-refractivity contribution in [1.29, 1.82) is 0 Å². The van der Waals surface area contributed by atoms with E-state index in [-0.39, 0.29) is 24.5 Å². The average Bonchev–Trinajstić information content (AvgIpc) is 3.45. The van der Waals surface area contributed by atoms with Gasteiger partial charge in [0.05, 0.1) is 12.7 Å². The van der Waals surface area contributed by atoms with Gasteiger partial charge in [-0.2, -0.15) is 11.3 Å². The Morgan fingerprint density at radius 2 is 1.71 bits per heavy atom. The maximum absolute atomic E-state index is 13.2. The number of likely N-dealkylation sites (N-methyl/N-ethyl adjacent to an activating group) is 1. The van der Waals surface area contributed by atoms with Gasteiger partial charge in [0.2, 0.25) is 0 Å². The number of thiophene rings is 1. The molecule has 0 saturated carbocycles. The molecule has 35 heavy (non-hydrogen) atoms. The summed E-state index contributed by atoms with van der Waals surface area (Å²) in [4.78, 5) is 29.8. The molecule has 0 bridgehead atoms. The van der Waals surface area contributed by atoms with Crippen molar-refractivity contribution in [2.45, 2.75) is 25.3 Å². The molecule has 1 atom stereocenters. The zero-order valence-corrected chi connectivity index (χ0v) is 21.1. The number of rotatable bonds is 9. The number of hydrogen-bond acceptors (Lipinski definition) is 5. The highest BCUT2D eigenvalue weighted by atomic mass is 32.1. The van der Waals surface area contributed by atoms with E-state index in [0.29, 0.717) is 30.5 Å². The smallest absolute Gasteiger partial charge is 0.260 e. The van der Waals surface area contributed by atoms with Crippen molar-refractivity contribution in [2.24, 2.45) is 5.92 Å². The average molecular weight is 493 g/mol. The Bertz CT molecular complexity index is 1100. The zero-order chi connectivity index (χ0) is 24.6. The van der Waals surface area contributed by atoms with Gasteiger partial charge in [0, 0.05) is 31.6 Å². The number of methoxy groups -OCH3 is 1. The molecule has 184 valence electrons. The van der Waals surface area contributed by atoms with Crippen LogP contribution in [0.3, 0.4) is 0 Å². The number of amides is 2. The lowest BCUT2D eigenvalue weighted by Crippen LogP contribution is -2.49. The fourth-order valence-corrected chi connectivity index (χ4v) is 5.35. The van der Waals surface area contributed by atoms with Crippen molar-refractivity contribution < 1.29 is 19.1 Å². The number of carbonyl (C=O) groups excluding carboxylic acids is 2. The number of hydrogen-bond donors (Lipinski definition) is 0. The predicted molar refractivity (Wildman–Crippen MR) is 138 cm³/mol. The lowest BCUT2D eigenvalue weighted by molar-refractivity contribution is -0.135. The molecule has 1 aromatic heterocycles. The van der Waals surface area contributed by atoms with Gasteiger partial charge in [-0.05, 0) is 54.3 Å². The first-order valence-electron chi connectivity index (χ1n) is 11.9. The van der Waals surface area contributed by atoms with Crippen molar-refractivity contribution in [1.82, 2.24) is 9.80 Å². The van der Waals surface area contributed by atoms with E-state index in [1.165, 1.54) is 16.9 Å². The molecule has 4 rings (SSSR count). The second kappa shape index (κ2) is 11.9. The summed E-state index contributed by atoms with van der Waals surface area (Å²) in [5, 5.41) is 3.84. The number of benzene rings is 2. The van der Waals surface area contributed by atoms with Gasteiger partial charge in [0.15, 0.2) is 18.1 Å². The molecule has 1 aliphatic rings. The van der Waals surface area contributed by atoms with Crippen molar-refractivity contribution in [3.63, 3.8) is 0 Å². The molecule has 3 aromatic rings. The third kappa shape index (κ3) is 6.22. The van der Waals surface area contributed by atoms with E-state index in [4.69, 9.17) is 9.47 Å². The second-order valence-corrected chi connectivity index (χ2v) is 9.62. The van der Waals surface area contributed by atoms with Crippen LogP contribution >= 0.6 is 11.3 Å². The van der Waals surface area contributed by atoms with Crippen LogP contribution in [0, 0.1) is 5.92 Å². The first-order valence-corrected chi connectivity index (χ1v) is 12.9. The summed E-state index contributed by atoms with van der Waals surface area (Å²) < 4.78 is 11.0. The summed E-state index contributed by atoms with van der Waals surface area (Å²) in [7, 11) is 3.49. The molecule has 7 heteroatoms. The van der Waals surface area contributed by atoms with Gasteiger partial charge in [0.25, 0.3) is 11.8 Å². The van der Waals surface area contributed by atoms with E-state index < -0.39 is 0 Å². The fourth-order valence-electron chi connectivity index (χ4n) is 4.72. The van der Waals surface area contributed by atoms with Crippen LogP contribution in [-0.4, -0.2) is 61.5 Å². The number of carbonyl (C=O) groups is 2. The molecule has 0 spiro atoms. The number of piperidine rings is 1. The lowest BCUT2D eigenvalue weighted by atomic mass is 9.84. The quantitative estimate of drug-likeness (QED) is 0.432. The van der Waals surface area contributed by atoms with Crippen molar-refractivity contribution in [3.05, 3.63) is 82.6 Å². The van der Waals surface area contributed by atoms with Crippen LogP contribution in [0.25, 0.3) is 0 Å². The lowest BCUT2D eigenvalue weighted by Gasteiger charge is -2.40. The first-order chi connectivity index (χ1) is 17.1. The van der Waals surface area contributed by atoms with Gasteiger partial charge in [-0.25, -0.2) is 0 Å². The zero-order valence-electron chi connectivity index (χ0n) is 20.3. The summed E-state index contributed by atoms with van der Waals surface area (Å²) in [5.74, 6) is 1.50. The summed E-state index contributed by atoms with van der Waals surface area (Å²) in [6.07, 6.45) is 2.49. The first kappa shape index (κ1) is 24.8. The minimum absolute atomic E-state index is 0.0188. The summed E-state index contributed by atoms with van der Waals surface area (Å²) in [6, 6.07) is 19.6. The van der Waals surface area contributed by atoms with E-state index in [2.05, 4.69) is 12.1 Å². The summed E-state index contributed by atoms with van der Waals surface area (Å²) >= 11 is 1.53. The van der Waals surface area contributed by atoms with Crippen LogP contribution in [0.4, 0.5) is 0 Å². The highest BCUT2D eigenvalue weighted by Gasteiger charge is 2.33. The highest BCUT2D eigenvalue weighted by Crippen LogP contribution is 2.29. The largest absolute Gasteiger partial charge is 0.493 e. The molecule has 1 fully saturated rings. The van der Waals surface area contributed by atoms with Crippen LogP contribution in [-0.2, 0) is 11.2 Å². The van der Waals surface area contributed by atoms with Gasteiger partial charge in [-0.1, -0.05) is 42.5 Å². The minimum Gasteiger partial charge on any atom is -0.493 e. The molecule has 2 amide bonds. The summed E-state index contributed by atoms with van der Waals surface area (Å²) in [5.41, 5.74) is 1.95. The predicted octanol–water partition coefficient (Wildman–Crippen LogP) is 4.76. The molecule has 0 aliphatic carbocycles. The van der Waals surface area contributed by atoms with Crippen molar-refractivity contribution in [3.8, 4) is 11.5 Å². The van der Waals surface area contributed by atoms with Crippen LogP contribution in [0.15, 0.2) is 71.4 Å². The fraction of sp³-hybridized carbons (Fsp3) is 0.357. The Morgan fingerprint density at radius 3 is 2.37 bits per heavy atom. The molecule has 0 radical (unpaired) electrons. The minimum atomic E-state index is -0.0309. The molecule has 2 heterocycles. The van der Waals surface area contributed by atoms with Gasteiger partial charge in [-0.15, -0.1) is 0 Å². The standard InChI is InChI=1S/C28H32N2O4S/c1-29(28(32)23-14-17-35-20-23)24(18-21-8-4-3-5-9-21)22-12-15-30(16-13-22)27(31)19-34-26-11-7-6-10-25(26)33-2/h3-11,14,17,20,22,24H,12-13,15-16,18-19H2,1-2H3. The SMILES string of the molecule is COc1ccccc1OCC(=O)N1CCC(C(Cc2ccccc2)N(C)C(=O)c2ccsc2)CC1. The van der Waals surface area contributed by atoms with Crippen molar-refractivity contribution in [2.75, 3.05) is 33.9 Å². The second-order valence-electron chi connectivity index (χ2n) is 8.84. The molecular formula is C28H32N2O4S. The highest BCUT2D eigenvalue weighted by molar-refractivity contribution is 7.08. The molecule has 1 unspecified atom stereocenters. The summed E-state index contributed by atoms with van der Waals surface area (Å²) in [6.45, 7) is 1.30. The van der Waals surface area contributed by atoms with Crippen molar-refractivity contribution >= 4 is 23.2 Å². The van der Waals surface area contributed by atoms with E-state index in [1.54, 1.807) is 13.2 Å². The molecule has 0 N–H and O–H groups in total. The molecule has 2 aromatic carbocycles. The normalized spacial score (nSPS) is 14.9. The third-order valence-corrected chi connectivity index (χ3v) is 7.41. The Labute approximate surface area is 211 Å². The van der Waals surface area contributed by atoms with Crippen LogP contribution < -0.4 is 9.47 Å².